The predicted octanol–water partition coefficient (Wildman–Crippen LogP) is 3.78. The summed E-state index contributed by atoms with van der Waals surface area (Å²) >= 11 is 0. The highest BCUT2D eigenvalue weighted by molar-refractivity contribution is 5.82. The van der Waals surface area contributed by atoms with Crippen LogP contribution in [0.25, 0.3) is 0 Å². The first-order valence-corrected chi connectivity index (χ1v) is 8.89. The molecule has 0 heterocycles. The Kier molecular flexibility index (Phi) is 5.65. The van der Waals surface area contributed by atoms with Crippen LogP contribution in [0.1, 0.15) is 56.4 Å². The van der Waals surface area contributed by atoms with Gasteiger partial charge in [0.2, 0.25) is 5.91 Å². The minimum Gasteiger partial charge on any atom is -0.378 e. The summed E-state index contributed by atoms with van der Waals surface area (Å²) in [4.78, 5) is 12.1. The van der Waals surface area contributed by atoms with Gasteiger partial charge in [0.15, 0.2) is 0 Å². The lowest BCUT2D eigenvalue weighted by molar-refractivity contribution is -0.122. The van der Waals surface area contributed by atoms with Crippen molar-refractivity contribution in [3.8, 4) is 0 Å². The number of hydrogen-bond donors (Lipinski definition) is 1. The third-order valence-corrected chi connectivity index (χ3v) is 4.95. The largest absolute Gasteiger partial charge is 0.378 e. The zero-order chi connectivity index (χ0) is 16.1. The molecule has 0 radical (unpaired) electrons. The number of halogens is 1. The quantitative estimate of drug-likeness (QED) is 0.777. The van der Waals surface area contributed by atoms with Crippen LogP contribution in [-0.4, -0.2) is 25.2 Å². The van der Waals surface area contributed by atoms with Crippen molar-refractivity contribution in [2.45, 2.75) is 57.0 Å². The topological polar surface area (TPSA) is 38.3 Å². The molecule has 1 amide bonds. The summed E-state index contributed by atoms with van der Waals surface area (Å²) < 4.78 is 18.8. The van der Waals surface area contributed by atoms with Crippen LogP contribution in [0.15, 0.2) is 24.3 Å². The van der Waals surface area contributed by atoms with Gasteiger partial charge in [0, 0.05) is 19.1 Å². The molecule has 3 rings (SSSR count). The number of ether oxygens (including phenoxy) is 1. The number of nitrogens with one attached hydrogen (secondary N) is 1. The number of amides is 1. The second-order valence-electron chi connectivity index (χ2n) is 6.78. The Morgan fingerprint density at radius 3 is 2.65 bits per heavy atom. The van der Waals surface area contributed by atoms with Crippen molar-refractivity contribution in [2.24, 2.45) is 5.92 Å². The number of rotatable bonds is 7. The smallest absolute Gasteiger partial charge is 0.223 e. The molecular formula is C19H26FNO2. The van der Waals surface area contributed by atoms with E-state index < -0.39 is 0 Å². The van der Waals surface area contributed by atoms with Crippen molar-refractivity contribution in [3.63, 3.8) is 0 Å². The summed E-state index contributed by atoms with van der Waals surface area (Å²) in [6.45, 7) is 1.41. The lowest BCUT2D eigenvalue weighted by Gasteiger charge is -2.21. The third kappa shape index (κ3) is 4.77. The Hall–Kier alpha value is -1.42. The van der Waals surface area contributed by atoms with Crippen LogP contribution < -0.4 is 5.32 Å². The Balaban J connectivity index is 1.29. The van der Waals surface area contributed by atoms with Gasteiger partial charge in [0.1, 0.15) is 5.82 Å². The lowest BCUT2D eigenvalue weighted by Crippen LogP contribution is -2.27. The van der Waals surface area contributed by atoms with Gasteiger partial charge in [0.05, 0.1) is 6.10 Å². The molecule has 1 aromatic rings. The Morgan fingerprint density at radius 1 is 1.17 bits per heavy atom. The SMILES string of the molecule is O=C(NCCCOC1CCCCC1)C1CC1c1ccc(F)cc1. The molecule has 3 nitrogen and oxygen atoms in total. The molecule has 0 aromatic heterocycles. The maximum Gasteiger partial charge on any atom is 0.223 e. The molecule has 4 heteroatoms. The maximum atomic E-state index is 12.9. The van der Waals surface area contributed by atoms with Gasteiger partial charge in [-0.2, -0.15) is 0 Å². The van der Waals surface area contributed by atoms with Crippen LogP contribution in [0.4, 0.5) is 4.39 Å². The monoisotopic (exact) mass is 319 g/mol. The summed E-state index contributed by atoms with van der Waals surface area (Å²) in [6.07, 6.45) is 8.47. The van der Waals surface area contributed by atoms with E-state index in [0.717, 1.165) is 25.0 Å². The highest BCUT2D eigenvalue weighted by Crippen LogP contribution is 2.47. The Bertz CT molecular complexity index is 511. The van der Waals surface area contributed by atoms with Crippen LogP contribution in [0.2, 0.25) is 0 Å². The van der Waals surface area contributed by atoms with E-state index in [0.29, 0.717) is 12.6 Å². The predicted molar refractivity (Wildman–Crippen MR) is 87.7 cm³/mol. The van der Waals surface area contributed by atoms with Gasteiger partial charge >= 0.3 is 0 Å². The first-order chi connectivity index (χ1) is 11.2. The molecule has 0 bridgehead atoms. The fourth-order valence-electron chi connectivity index (χ4n) is 3.46. The first-order valence-electron chi connectivity index (χ1n) is 8.89. The molecule has 126 valence electrons. The number of carbonyl (C=O) groups excluding carboxylic acids is 1. The van der Waals surface area contributed by atoms with Crippen molar-refractivity contribution < 1.29 is 13.9 Å². The summed E-state index contributed by atoms with van der Waals surface area (Å²) in [7, 11) is 0. The second kappa shape index (κ2) is 7.91. The fraction of sp³-hybridized carbons (Fsp3) is 0.632. The number of benzene rings is 1. The molecule has 0 spiro atoms. The summed E-state index contributed by atoms with van der Waals surface area (Å²) in [5.41, 5.74) is 1.06. The Labute approximate surface area is 137 Å². The molecule has 0 saturated heterocycles. The zero-order valence-electron chi connectivity index (χ0n) is 13.6. The van der Waals surface area contributed by atoms with E-state index in [-0.39, 0.29) is 23.6 Å². The van der Waals surface area contributed by atoms with Gasteiger partial charge in [-0.25, -0.2) is 4.39 Å². The summed E-state index contributed by atoms with van der Waals surface area (Å²) in [5.74, 6) is 0.208. The summed E-state index contributed by atoms with van der Waals surface area (Å²) in [5, 5.41) is 3.00. The van der Waals surface area contributed by atoms with E-state index in [1.54, 1.807) is 12.1 Å². The van der Waals surface area contributed by atoms with E-state index in [1.165, 1.54) is 44.2 Å². The Morgan fingerprint density at radius 2 is 1.91 bits per heavy atom. The fourth-order valence-corrected chi connectivity index (χ4v) is 3.46. The lowest BCUT2D eigenvalue weighted by atomic mass is 9.98. The van der Waals surface area contributed by atoms with Gasteiger partial charge < -0.3 is 10.1 Å². The molecule has 23 heavy (non-hydrogen) atoms. The van der Waals surface area contributed by atoms with Crippen molar-refractivity contribution in [1.82, 2.24) is 5.32 Å². The van der Waals surface area contributed by atoms with Crippen LogP contribution >= 0.6 is 0 Å². The normalized spacial score (nSPS) is 24.4. The highest BCUT2D eigenvalue weighted by atomic mass is 19.1. The molecule has 1 aromatic carbocycles. The van der Waals surface area contributed by atoms with Gasteiger partial charge in [-0.1, -0.05) is 31.4 Å². The molecule has 1 N–H and O–H groups in total. The van der Waals surface area contributed by atoms with Gasteiger partial charge in [-0.3, -0.25) is 4.79 Å². The van der Waals surface area contributed by atoms with Crippen LogP contribution in [-0.2, 0) is 9.53 Å². The van der Waals surface area contributed by atoms with E-state index in [1.807, 2.05) is 0 Å². The van der Waals surface area contributed by atoms with E-state index in [4.69, 9.17) is 4.74 Å². The van der Waals surface area contributed by atoms with Gasteiger partial charge in [0.25, 0.3) is 0 Å². The van der Waals surface area contributed by atoms with E-state index in [9.17, 15) is 9.18 Å². The molecule has 2 fully saturated rings. The van der Waals surface area contributed by atoms with Crippen molar-refractivity contribution in [2.75, 3.05) is 13.2 Å². The van der Waals surface area contributed by atoms with Crippen LogP contribution in [0.5, 0.6) is 0 Å². The van der Waals surface area contributed by atoms with Crippen LogP contribution in [0, 0.1) is 11.7 Å². The van der Waals surface area contributed by atoms with Crippen LogP contribution in [0.3, 0.4) is 0 Å². The molecule has 0 aliphatic heterocycles. The molecule has 2 unspecified atom stereocenters. The molecule has 2 atom stereocenters. The minimum absolute atomic E-state index is 0.0553. The van der Waals surface area contributed by atoms with Crippen molar-refractivity contribution in [3.05, 3.63) is 35.6 Å². The van der Waals surface area contributed by atoms with Gasteiger partial charge in [-0.15, -0.1) is 0 Å². The number of hydrogen-bond acceptors (Lipinski definition) is 2. The standard InChI is InChI=1S/C19H26FNO2/c20-15-9-7-14(8-10-15)17-13-18(17)19(22)21-11-4-12-23-16-5-2-1-3-6-16/h7-10,16-18H,1-6,11-13H2,(H,21,22). The van der Waals surface area contributed by atoms with Gasteiger partial charge in [-0.05, 0) is 49.3 Å². The molecule has 2 aliphatic carbocycles. The average molecular weight is 319 g/mol. The second-order valence-corrected chi connectivity index (χ2v) is 6.78. The molecule has 2 aliphatic rings. The maximum absolute atomic E-state index is 12.9. The van der Waals surface area contributed by atoms with E-state index in [2.05, 4.69) is 5.32 Å². The minimum atomic E-state index is -0.228. The molecule has 2 saturated carbocycles. The van der Waals surface area contributed by atoms with E-state index >= 15 is 0 Å². The zero-order valence-corrected chi connectivity index (χ0v) is 13.6. The highest BCUT2D eigenvalue weighted by Gasteiger charge is 2.43. The van der Waals surface area contributed by atoms with Crippen molar-refractivity contribution >= 4 is 5.91 Å². The average Bonchev–Trinajstić information content (AvgIpc) is 3.37. The summed E-state index contributed by atoms with van der Waals surface area (Å²) in [6, 6.07) is 6.49. The third-order valence-electron chi connectivity index (χ3n) is 4.95. The first kappa shape index (κ1) is 16.4. The molecular weight excluding hydrogens is 293 g/mol. The van der Waals surface area contributed by atoms with Crippen molar-refractivity contribution in [1.29, 1.82) is 0 Å². The number of carbonyl (C=O) groups is 1.